The minimum absolute atomic E-state index is 0.175. The van der Waals surface area contributed by atoms with Gasteiger partial charge in [0.2, 0.25) is 0 Å². The van der Waals surface area contributed by atoms with Crippen molar-refractivity contribution in [3.05, 3.63) is 76.3 Å². The Morgan fingerprint density at radius 3 is 2.50 bits per heavy atom. The van der Waals surface area contributed by atoms with E-state index in [4.69, 9.17) is 4.74 Å². The van der Waals surface area contributed by atoms with E-state index >= 15 is 0 Å². The van der Waals surface area contributed by atoms with Crippen LogP contribution in [0.2, 0.25) is 0 Å². The minimum atomic E-state index is 0.175. The van der Waals surface area contributed by atoms with Crippen LogP contribution < -0.4 is 10.1 Å². The number of fused-ring (bicyclic) bond motifs is 1. The summed E-state index contributed by atoms with van der Waals surface area (Å²) < 4.78 is 6.80. The molecule has 1 aliphatic heterocycles. The van der Waals surface area contributed by atoms with Crippen LogP contribution in [0.15, 0.2) is 65.1 Å². The molecule has 26 heavy (non-hydrogen) atoms. The van der Waals surface area contributed by atoms with Gasteiger partial charge in [-0.3, -0.25) is 4.90 Å². The average Bonchev–Trinajstić information content (AvgIpc) is 2.69. The number of methoxy groups -OCH3 is 1. The van der Waals surface area contributed by atoms with E-state index < -0.39 is 0 Å². The highest BCUT2D eigenvalue weighted by Crippen LogP contribution is 2.37. The predicted octanol–water partition coefficient (Wildman–Crippen LogP) is 4.61. The number of nitrogens with one attached hydrogen (secondary N) is 1. The molecule has 1 saturated heterocycles. The van der Waals surface area contributed by atoms with Gasteiger partial charge in [-0.05, 0) is 40.6 Å². The van der Waals surface area contributed by atoms with Crippen molar-refractivity contribution >= 4 is 26.7 Å². The van der Waals surface area contributed by atoms with Crippen molar-refractivity contribution in [3.8, 4) is 5.75 Å². The van der Waals surface area contributed by atoms with E-state index in [1.807, 2.05) is 6.07 Å². The Balaban J connectivity index is 1.86. The summed E-state index contributed by atoms with van der Waals surface area (Å²) >= 11 is 3.64. The third-order valence-corrected chi connectivity index (χ3v) is 5.59. The lowest BCUT2D eigenvalue weighted by Gasteiger charge is -2.36. The largest absolute Gasteiger partial charge is 0.496 e. The lowest BCUT2D eigenvalue weighted by atomic mass is 9.93. The Morgan fingerprint density at radius 1 is 0.962 bits per heavy atom. The van der Waals surface area contributed by atoms with Gasteiger partial charge in [0.15, 0.2) is 0 Å². The van der Waals surface area contributed by atoms with Gasteiger partial charge in [-0.1, -0.05) is 52.3 Å². The first-order valence-corrected chi connectivity index (χ1v) is 9.82. The second-order valence-corrected chi connectivity index (χ2v) is 7.60. The van der Waals surface area contributed by atoms with Crippen molar-refractivity contribution in [3.63, 3.8) is 0 Å². The molecule has 134 valence electrons. The van der Waals surface area contributed by atoms with E-state index in [1.54, 1.807) is 7.11 Å². The summed E-state index contributed by atoms with van der Waals surface area (Å²) in [4.78, 5) is 2.55. The first-order chi connectivity index (χ1) is 12.8. The lowest BCUT2D eigenvalue weighted by molar-refractivity contribution is 0.195. The van der Waals surface area contributed by atoms with E-state index in [1.165, 1.54) is 21.9 Å². The minimum Gasteiger partial charge on any atom is -0.496 e. The van der Waals surface area contributed by atoms with Crippen LogP contribution in [0, 0.1) is 0 Å². The molecule has 4 heteroatoms. The Kier molecular flexibility index (Phi) is 5.25. The summed E-state index contributed by atoms with van der Waals surface area (Å²) in [6, 6.07) is 21.8. The molecule has 1 unspecified atom stereocenters. The van der Waals surface area contributed by atoms with Crippen LogP contribution in [0.1, 0.15) is 17.2 Å². The van der Waals surface area contributed by atoms with Crippen molar-refractivity contribution in [1.29, 1.82) is 0 Å². The molecule has 0 spiro atoms. The predicted molar refractivity (Wildman–Crippen MR) is 111 cm³/mol. The Labute approximate surface area is 163 Å². The summed E-state index contributed by atoms with van der Waals surface area (Å²) in [6.45, 7) is 4.07. The first kappa shape index (κ1) is 17.5. The lowest BCUT2D eigenvalue weighted by Crippen LogP contribution is -2.45. The maximum atomic E-state index is 5.72. The molecule has 1 heterocycles. The highest BCUT2D eigenvalue weighted by Gasteiger charge is 2.27. The van der Waals surface area contributed by atoms with Crippen LogP contribution >= 0.6 is 15.9 Å². The number of halogens is 1. The Hall–Kier alpha value is -1.88. The smallest absolute Gasteiger partial charge is 0.124 e. The molecule has 1 atom stereocenters. The van der Waals surface area contributed by atoms with Crippen molar-refractivity contribution < 1.29 is 4.74 Å². The van der Waals surface area contributed by atoms with Gasteiger partial charge >= 0.3 is 0 Å². The van der Waals surface area contributed by atoms with Crippen molar-refractivity contribution in [2.75, 3.05) is 33.3 Å². The topological polar surface area (TPSA) is 24.5 Å². The van der Waals surface area contributed by atoms with Gasteiger partial charge in [-0.15, -0.1) is 0 Å². The van der Waals surface area contributed by atoms with E-state index in [0.717, 1.165) is 36.4 Å². The van der Waals surface area contributed by atoms with E-state index in [0.29, 0.717) is 0 Å². The molecule has 0 saturated carbocycles. The van der Waals surface area contributed by atoms with E-state index in [9.17, 15) is 0 Å². The van der Waals surface area contributed by atoms with Crippen molar-refractivity contribution in [2.45, 2.75) is 6.04 Å². The van der Waals surface area contributed by atoms with Crippen LogP contribution in [-0.2, 0) is 0 Å². The van der Waals surface area contributed by atoms with Gasteiger partial charge in [0, 0.05) is 36.2 Å². The average molecular weight is 411 g/mol. The fourth-order valence-corrected chi connectivity index (χ4v) is 4.20. The molecule has 1 N–H and O–H groups in total. The Bertz CT molecular complexity index is 906. The summed E-state index contributed by atoms with van der Waals surface area (Å²) in [7, 11) is 1.75. The highest BCUT2D eigenvalue weighted by molar-refractivity contribution is 9.10. The maximum absolute atomic E-state index is 5.72. The molecule has 1 aliphatic rings. The zero-order valence-corrected chi connectivity index (χ0v) is 16.5. The van der Waals surface area contributed by atoms with Gasteiger partial charge in [-0.2, -0.15) is 0 Å². The van der Waals surface area contributed by atoms with Crippen molar-refractivity contribution in [1.82, 2.24) is 10.2 Å². The summed E-state index contributed by atoms with van der Waals surface area (Å²) in [6.07, 6.45) is 0. The van der Waals surface area contributed by atoms with Gasteiger partial charge < -0.3 is 10.1 Å². The van der Waals surface area contributed by atoms with Gasteiger partial charge in [0.05, 0.1) is 13.2 Å². The molecule has 1 fully saturated rings. The fraction of sp³-hybridized carbons (Fsp3) is 0.273. The number of rotatable bonds is 4. The summed E-state index contributed by atoms with van der Waals surface area (Å²) in [5.41, 5.74) is 2.51. The standard InChI is InChI=1S/C22H23BrN2O/c1-26-21-9-8-19(23)15-20(21)22(25-12-10-24-11-13-25)18-7-6-16-4-2-3-5-17(16)14-18/h2-9,14-15,22,24H,10-13H2,1H3. The second kappa shape index (κ2) is 7.78. The summed E-state index contributed by atoms with van der Waals surface area (Å²) in [5, 5.41) is 6.01. The fourth-order valence-electron chi connectivity index (χ4n) is 3.82. The quantitative estimate of drug-likeness (QED) is 0.679. The van der Waals surface area contributed by atoms with Gasteiger partial charge in [0.1, 0.15) is 5.75 Å². The van der Waals surface area contributed by atoms with Crippen LogP contribution in [0.3, 0.4) is 0 Å². The highest BCUT2D eigenvalue weighted by atomic mass is 79.9. The third-order valence-electron chi connectivity index (χ3n) is 5.09. The number of hydrogen-bond donors (Lipinski definition) is 1. The van der Waals surface area contributed by atoms with Gasteiger partial charge in [-0.25, -0.2) is 0 Å². The van der Waals surface area contributed by atoms with Crippen molar-refractivity contribution in [2.24, 2.45) is 0 Å². The number of hydrogen-bond acceptors (Lipinski definition) is 3. The van der Waals surface area contributed by atoms with Crippen LogP contribution in [0.5, 0.6) is 5.75 Å². The molecule has 0 bridgehead atoms. The zero-order valence-electron chi connectivity index (χ0n) is 14.9. The van der Waals surface area contributed by atoms with Crippen LogP contribution in [0.4, 0.5) is 0 Å². The maximum Gasteiger partial charge on any atom is 0.124 e. The number of piperazine rings is 1. The molecule has 0 aliphatic carbocycles. The van der Waals surface area contributed by atoms with Crippen LogP contribution in [-0.4, -0.2) is 38.2 Å². The molecule has 0 radical (unpaired) electrons. The number of nitrogens with zero attached hydrogens (tertiary/aromatic N) is 1. The third kappa shape index (κ3) is 3.50. The second-order valence-electron chi connectivity index (χ2n) is 6.68. The van der Waals surface area contributed by atoms with Gasteiger partial charge in [0.25, 0.3) is 0 Å². The van der Waals surface area contributed by atoms with Crippen LogP contribution in [0.25, 0.3) is 10.8 Å². The van der Waals surface area contributed by atoms with E-state index in [-0.39, 0.29) is 6.04 Å². The monoisotopic (exact) mass is 410 g/mol. The molecule has 4 rings (SSSR count). The number of ether oxygens (including phenoxy) is 1. The molecular weight excluding hydrogens is 388 g/mol. The zero-order chi connectivity index (χ0) is 17.9. The van der Waals surface area contributed by atoms with E-state index in [2.05, 4.69) is 80.7 Å². The SMILES string of the molecule is COc1ccc(Br)cc1C(c1ccc2ccccc2c1)N1CCNCC1. The Morgan fingerprint density at radius 2 is 1.73 bits per heavy atom. The molecule has 3 nitrogen and oxygen atoms in total. The summed E-state index contributed by atoms with van der Waals surface area (Å²) in [5.74, 6) is 0.935. The normalized spacial score (nSPS) is 16.5. The number of benzene rings is 3. The first-order valence-electron chi connectivity index (χ1n) is 9.03. The molecular formula is C22H23BrN2O. The molecule has 3 aromatic carbocycles. The molecule has 3 aromatic rings. The molecule has 0 aromatic heterocycles. The molecule has 0 amide bonds.